The van der Waals surface area contributed by atoms with Gasteiger partial charge in [-0.3, -0.25) is 14.9 Å². The molecule has 7 nitrogen and oxygen atoms in total. The lowest BCUT2D eigenvalue weighted by Crippen LogP contribution is -2.24. The van der Waals surface area contributed by atoms with Crippen LogP contribution >= 0.6 is 34.8 Å². The van der Waals surface area contributed by atoms with Gasteiger partial charge in [-0.15, -0.1) is 0 Å². The van der Waals surface area contributed by atoms with E-state index in [1.165, 1.54) is 36.5 Å². The van der Waals surface area contributed by atoms with E-state index in [9.17, 15) is 14.9 Å². The maximum Gasteiger partial charge on any atom is 0.277 e. The summed E-state index contributed by atoms with van der Waals surface area (Å²) in [6.45, 7) is -0.332. The van der Waals surface area contributed by atoms with Gasteiger partial charge in [0.25, 0.3) is 11.6 Å². The Kier molecular flexibility index (Phi) is 6.58. The van der Waals surface area contributed by atoms with Crippen LogP contribution in [0.3, 0.4) is 0 Å². The first kappa shape index (κ1) is 19.0. The Labute approximate surface area is 157 Å². The van der Waals surface area contributed by atoms with Gasteiger partial charge < -0.3 is 4.74 Å². The van der Waals surface area contributed by atoms with E-state index in [1.54, 1.807) is 6.07 Å². The van der Waals surface area contributed by atoms with E-state index < -0.39 is 10.8 Å². The fourth-order valence-corrected chi connectivity index (χ4v) is 2.31. The zero-order valence-corrected chi connectivity index (χ0v) is 14.7. The molecular formula is C15H10Cl3N3O4. The van der Waals surface area contributed by atoms with Crippen LogP contribution in [0, 0.1) is 10.1 Å². The number of nitrogens with zero attached hydrogens (tertiary/aromatic N) is 2. The molecule has 0 aliphatic rings. The number of hydrogen-bond donors (Lipinski definition) is 1. The first-order valence-electron chi connectivity index (χ1n) is 6.70. The highest BCUT2D eigenvalue weighted by molar-refractivity contribution is 6.35. The molecule has 2 aromatic rings. The zero-order valence-electron chi connectivity index (χ0n) is 12.4. The molecule has 2 aromatic carbocycles. The number of hydrogen-bond acceptors (Lipinski definition) is 5. The van der Waals surface area contributed by atoms with Crippen LogP contribution < -0.4 is 10.2 Å². The first-order chi connectivity index (χ1) is 11.9. The SMILES string of the molecule is O=C(COc1ccc(Cl)cc1Cl)NN=Cc1cc([N+](=O)[O-])ccc1Cl. The van der Waals surface area contributed by atoms with Crippen molar-refractivity contribution >= 4 is 52.6 Å². The van der Waals surface area contributed by atoms with Gasteiger partial charge in [-0.25, -0.2) is 5.43 Å². The lowest BCUT2D eigenvalue weighted by Gasteiger charge is -2.07. The standard InChI is InChI=1S/C15H10Cl3N3O4/c16-10-1-4-14(13(18)6-10)25-8-15(22)20-19-7-9-5-11(21(23)24)2-3-12(9)17/h1-7H,8H2,(H,20,22). The van der Waals surface area contributed by atoms with Gasteiger partial charge in [0.1, 0.15) is 5.75 Å². The topological polar surface area (TPSA) is 93.8 Å². The van der Waals surface area contributed by atoms with Crippen molar-refractivity contribution < 1.29 is 14.5 Å². The summed E-state index contributed by atoms with van der Waals surface area (Å²) in [6.07, 6.45) is 1.20. The molecule has 0 atom stereocenters. The Morgan fingerprint density at radius 2 is 1.96 bits per heavy atom. The molecule has 0 radical (unpaired) electrons. The lowest BCUT2D eigenvalue weighted by atomic mass is 10.2. The number of nitro benzene ring substituents is 1. The van der Waals surface area contributed by atoms with Crippen LogP contribution in [0.25, 0.3) is 0 Å². The van der Waals surface area contributed by atoms with Crippen LogP contribution in [0.15, 0.2) is 41.5 Å². The minimum absolute atomic E-state index is 0.141. The second-order valence-electron chi connectivity index (χ2n) is 4.62. The Balaban J connectivity index is 1.92. The fourth-order valence-electron chi connectivity index (χ4n) is 1.69. The monoisotopic (exact) mass is 401 g/mol. The van der Waals surface area contributed by atoms with E-state index in [4.69, 9.17) is 39.5 Å². The highest BCUT2D eigenvalue weighted by atomic mass is 35.5. The average molecular weight is 403 g/mol. The minimum Gasteiger partial charge on any atom is -0.482 e. The molecule has 0 bridgehead atoms. The largest absolute Gasteiger partial charge is 0.482 e. The van der Waals surface area contributed by atoms with E-state index in [0.29, 0.717) is 10.8 Å². The molecule has 0 fully saturated rings. The molecule has 0 unspecified atom stereocenters. The number of carbonyl (C=O) groups excluding carboxylic acids is 1. The molecule has 2 rings (SSSR count). The number of rotatable bonds is 6. The minimum atomic E-state index is -0.560. The molecule has 0 aliphatic carbocycles. The number of nitro groups is 1. The number of hydrazone groups is 1. The summed E-state index contributed by atoms with van der Waals surface area (Å²) in [4.78, 5) is 21.9. The van der Waals surface area contributed by atoms with Crippen molar-refractivity contribution in [3.63, 3.8) is 0 Å². The zero-order chi connectivity index (χ0) is 18.4. The number of halogens is 3. The molecule has 130 valence electrons. The van der Waals surface area contributed by atoms with E-state index in [2.05, 4.69) is 10.5 Å². The van der Waals surface area contributed by atoms with Crippen LogP contribution in [0.1, 0.15) is 5.56 Å². The van der Waals surface area contributed by atoms with Gasteiger partial charge in [-0.2, -0.15) is 5.10 Å². The summed E-state index contributed by atoms with van der Waals surface area (Å²) in [5, 5.41) is 15.4. The van der Waals surface area contributed by atoms with Crippen LogP contribution in [-0.4, -0.2) is 23.7 Å². The van der Waals surface area contributed by atoms with E-state index in [-0.39, 0.29) is 27.9 Å². The lowest BCUT2D eigenvalue weighted by molar-refractivity contribution is -0.384. The van der Waals surface area contributed by atoms with Crippen LogP contribution in [0.5, 0.6) is 5.75 Å². The quantitative estimate of drug-likeness (QED) is 0.447. The second-order valence-corrected chi connectivity index (χ2v) is 5.87. The fraction of sp³-hybridized carbons (Fsp3) is 0.0667. The number of carbonyl (C=O) groups is 1. The molecule has 0 aliphatic heterocycles. The molecule has 0 saturated heterocycles. The maximum atomic E-state index is 11.7. The summed E-state index contributed by atoms with van der Waals surface area (Å²) in [6, 6.07) is 8.46. The van der Waals surface area contributed by atoms with E-state index in [0.717, 1.165) is 0 Å². The maximum absolute atomic E-state index is 11.7. The van der Waals surface area contributed by atoms with Crippen molar-refractivity contribution in [2.75, 3.05) is 6.61 Å². The molecule has 0 saturated carbocycles. The molecular weight excluding hydrogens is 393 g/mol. The van der Waals surface area contributed by atoms with Gasteiger partial charge in [-0.1, -0.05) is 34.8 Å². The normalized spacial score (nSPS) is 10.7. The molecule has 1 N–H and O–H groups in total. The molecule has 1 amide bonds. The number of amides is 1. The summed E-state index contributed by atoms with van der Waals surface area (Å²) >= 11 is 17.6. The van der Waals surface area contributed by atoms with Crippen LogP contribution in [-0.2, 0) is 4.79 Å². The average Bonchev–Trinajstić information content (AvgIpc) is 2.55. The van der Waals surface area contributed by atoms with E-state index >= 15 is 0 Å². The third-order valence-corrected chi connectivity index (χ3v) is 3.71. The van der Waals surface area contributed by atoms with Gasteiger partial charge in [0, 0.05) is 27.7 Å². The Morgan fingerprint density at radius 3 is 2.64 bits per heavy atom. The van der Waals surface area contributed by atoms with Crippen LogP contribution in [0.4, 0.5) is 5.69 Å². The highest BCUT2D eigenvalue weighted by Gasteiger charge is 2.09. The molecule has 10 heteroatoms. The Bertz CT molecular complexity index is 843. The number of ether oxygens (including phenoxy) is 1. The summed E-state index contributed by atoms with van der Waals surface area (Å²) in [7, 11) is 0. The van der Waals surface area contributed by atoms with E-state index in [1.807, 2.05) is 0 Å². The molecule has 25 heavy (non-hydrogen) atoms. The highest BCUT2D eigenvalue weighted by Crippen LogP contribution is 2.27. The van der Waals surface area contributed by atoms with Crippen molar-refractivity contribution in [1.82, 2.24) is 5.43 Å². The third kappa shape index (κ3) is 5.60. The Morgan fingerprint density at radius 1 is 1.20 bits per heavy atom. The van der Waals surface area contributed by atoms with Gasteiger partial charge in [0.15, 0.2) is 6.61 Å². The third-order valence-electron chi connectivity index (χ3n) is 2.84. The Hall–Kier alpha value is -2.35. The number of nitrogens with one attached hydrogen (secondary N) is 1. The van der Waals surface area contributed by atoms with Crippen molar-refractivity contribution in [3.05, 3.63) is 67.1 Å². The smallest absolute Gasteiger partial charge is 0.277 e. The van der Waals surface area contributed by atoms with Crippen LogP contribution in [0.2, 0.25) is 15.1 Å². The summed E-state index contributed by atoms with van der Waals surface area (Å²) in [5.41, 5.74) is 2.36. The molecule has 0 heterocycles. The summed E-state index contributed by atoms with van der Waals surface area (Å²) in [5.74, 6) is -0.254. The predicted molar refractivity (Wildman–Crippen MR) is 95.8 cm³/mol. The number of benzene rings is 2. The summed E-state index contributed by atoms with van der Waals surface area (Å²) < 4.78 is 5.24. The molecule has 0 spiro atoms. The van der Waals surface area contributed by atoms with Gasteiger partial charge in [0.05, 0.1) is 16.2 Å². The van der Waals surface area contributed by atoms with Crippen molar-refractivity contribution in [3.8, 4) is 5.75 Å². The van der Waals surface area contributed by atoms with Crippen molar-refractivity contribution in [2.24, 2.45) is 5.10 Å². The van der Waals surface area contributed by atoms with Crippen molar-refractivity contribution in [2.45, 2.75) is 0 Å². The second kappa shape index (κ2) is 8.66. The van der Waals surface area contributed by atoms with Gasteiger partial charge >= 0.3 is 0 Å². The van der Waals surface area contributed by atoms with Crippen molar-refractivity contribution in [1.29, 1.82) is 0 Å². The van der Waals surface area contributed by atoms with Gasteiger partial charge in [0.2, 0.25) is 0 Å². The predicted octanol–water partition coefficient (Wildman–Crippen LogP) is 4.08. The molecule has 0 aromatic heterocycles. The first-order valence-corrected chi connectivity index (χ1v) is 7.84. The van der Waals surface area contributed by atoms with Gasteiger partial charge in [-0.05, 0) is 24.3 Å². The number of non-ortho nitro benzene ring substituents is 1.